The maximum atomic E-state index is 11.8. The Labute approximate surface area is 128 Å². The third-order valence-corrected chi connectivity index (χ3v) is 3.21. The molecule has 0 radical (unpaired) electrons. The third-order valence-electron chi connectivity index (χ3n) is 3.21. The highest BCUT2D eigenvalue weighted by molar-refractivity contribution is 6.01. The summed E-state index contributed by atoms with van der Waals surface area (Å²) in [6.07, 6.45) is -0.0652. The molecule has 0 saturated carbocycles. The predicted molar refractivity (Wildman–Crippen MR) is 72.6 cm³/mol. The van der Waals surface area contributed by atoms with Gasteiger partial charge in [-0.3, -0.25) is 14.4 Å². The van der Waals surface area contributed by atoms with Gasteiger partial charge in [0.1, 0.15) is 5.58 Å². The Kier molecular flexibility index (Phi) is 3.53. The van der Waals surface area contributed by atoms with Gasteiger partial charge in [0.2, 0.25) is 5.75 Å². The fourth-order valence-electron chi connectivity index (χ4n) is 2.18. The lowest BCUT2D eigenvalue weighted by molar-refractivity contribution is -0.174. The van der Waals surface area contributed by atoms with Gasteiger partial charge in [0, 0.05) is 18.9 Å². The molecule has 0 spiro atoms. The number of fused-ring (bicyclic) bond motifs is 1. The van der Waals surface area contributed by atoms with Crippen LogP contribution < -0.4 is 9.47 Å². The van der Waals surface area contributed by atoms with Crippen molar-refractivity contribution in [3.63, 3.8) is 0 Å². The van der Waals surface area contributed by atoms with E-state index in [-0.39, 0.29) is 24.3 Å². The van der Waals surface area contributed by atoms with Crippen LogP contribution in [-0.4, -0.2) is 35.2 Å². The number of ether oxygens (including phenoxy) is 2. The molecule has 23 heavy (non-hydrogen) atoms. The topological polar surface area (TPSA) is 116 Å². The average Bonchev–Trinajstić information content (AvgIpc) is 3.09. The van der Waals surface area contributed by atoms with Crippen molar-refractivity contribution in [3.8, 4) is 17.2 Å². The standard InChI is InChI=1S/C14H11NO8/c1-20-12-7-4-5-21-9(7)6-8(16)13(12)22-14(19)23-15-10(17)2-3-11(15)18/h4-6,16H,2-3H2,1H3. The maximum absolute atomic E-state index is 11.8. The van der Waals surface area contributed by atoms with Crippen molar-refractivity contribution in [3.05, 3.63) is 18.4 Å². The minimum absolute atomic E-state index is 0.0400. The first-order valence-corrected chi connectivity index (χ1v) is 6.54. The normalized spacial score (nSPS) is 14.4. The largest absolute Gasteiger partial charge is 0.539 e. The molecule has 0 atom stereocenters. The van der Waals surface area contributed by atoms with E-state index in [0.717, 1.165) is 0 Å². The molecular formula is C14H11NO8. The number of hydrogen-bond donors (Lipinski definition) is 1. The summed E-state index contributed by atoms with van der Waals surface area (Å²) >= 11 is 0. The van der Waals surface area contributed by atoms with E-state index in [2.05, 4.69) is 4.84 Å². The Morgan fingerprint density at radius 1 is 1.26 bits per heavy atom. The van der Waals surface area contributed by atoms with Crippen LogP contribution in [0.15, 0.2) is 22.8 Å². The lowest BCUT2D eigenvalue weighted by Crippen LogP contribution is -2.33. The first-order valence-electron chi connectivity index (χ1n) is 6.54. The Morgan fingerprint density at radius 2 is 1.96 bits per heavy atom. The Bertz CT molecular complexity index is 792. The summed E-state index contributed by atoms with van der Waals surface area (Å²) in [5.74, 6) is -1.99. The maximum Gasteiger partial charge on any atom is 0.539 e. The van der Waals surface area contributed by atoms with E-state index in [0.29, 0.717) is 16.0 Å². The molecular weight excluding hydrogens is 310 g/mol. The number of hydrogen-bond acceptors (Lipinski definition) is 8. The molecule has 0 bridgehead atoms. The number of methoxy groups -OCH3 is 1. The van der Waals surface area contributed by atoms with Crippen molar-refractivity contribution in [2.45, 2.75) is 12.8 Å². The van der Waals surface area contributed by atoms with Crippen LogP contribution in [0.3, 0.4) is 0 Å². The summed E-state index contributed by atoms with van der Waals surface area (Å²) in [6.45, 7) is 0. The molecule has 1 saturated heterocycles. The number of phenolic OH excluding ortho intramolecular Hbond substituents is 1. The summed E-state index contributed by atoms with van der Waals surface area (Å²) in [4.78, 5) is 39.1. The smallest absolute Gasteiger partial charge is 0.504 e. The van der Waals surface area contributed by atoms with E-state index in [1.54, 1.807) is 6.07 Å². The number of hydroxylamine groups is 2. The molecule has 1 aromatic heterocycles. The Morgan fingerprint density at radius 3 is 2.61 bits per heavy atom. The first-order chi connectivity index (χ1) is 11.0. The van der Waals surface area contributed by atoms with Gasteiger partial charge in [0.25, 0.3) is 11.8 Å². The summed E-state index contributed by atoms with van der Waals surface area (Å²) in [5.41, 5.74) is 0.324. The van der Waals surface area contributed by atoms with Crippen LogP contribution in [0.5, 0.6) is 17.2 Å². The van der Waals surface area contributed by atoms with Gasteiger partial charge in [-0.25, -0.2) is 4.79 Å². The van der Waals surface area contributed by atoms with E-state index in [9.17, 15) is 19.5 Å². The van der Waals surface area contributed by atoms with Gasteiger partial charge in [-0.2, -0.15) is 0 Å². The van der Waals surface area contributed by atoms with E-state index >= 15 is 0 Å². The van der Waals surface area contributed by atoms with E-state index in [1.807, 2.05) is 0 Å². The molecule has 2 heterocycles. The third kappa shape index (κ3) is 2.52. The lowest BCUT2D eigenvalue weighted by atomic mass is 10.2. The summed E-state index contributed by atoms with van der Waals surface area (Å²) in [5, 5.41) is 10.7. The molecule has 1 fully saturated rings. The van der Waals surface area contributed by atoms with Gasteiger partial charge in [-0.1, -0.05) is 5.06 Å². The van der Waals surface area contributed by atoms with Crippen LogP contribution >= 0.6 is 0 Å². The van der Waals surface area contributed by atoms with Gasteiger partial charge < -0.3 is 19.0 Å². The van der Waals surface area contributed by atoms with E-state index in [4.69, 9.17) is 13.9 Å². The average molecular weight is 321 g/mol. The van der Waals surface area contributed by atoms with Gasteiger partial charge in [0.15, 0.2) is 11.5 Å². The minimum Gasteiger partial charge on any atom is -0.504 e. The monoisotopic (exact) mass is 321 g/mol. The molecule has 1 N–H and O–H groups in total. The van der Waals surface area contributed by atoms with E-state index < -0.39 is 23.7 Å². The fourth-order valence-corrected chi connectivity index (χ4v) is 2.18. The number of aromatic hydroxyl groups is 1. The number of imide groups is 1. The van der Waals surface area contributed by atoms with Crippen LogP contribution in [0.2, 0.25) is 0 Å². The number of amides is 2. The number of benzene rings is 1. The van der Waals surface area contributed by atoms with Gasteiger partial charge in [-0.15, -0.1) is 0 Å². The Balaban J connectivity index is 1.86. The summed E-state index contributed by atoms with van der Waals surface area (Å²) in [6, 6.07) is 2.78. The van der Waals surface area contributed by atoms with Crippen molar-refractivity contribution in [2.24, 2.45) is 0 Å². The second-order valence-electron chi connectivity index (χ2n) is 4.62. The van der Waals surface area contributed by atoms with Crippen molar-refractivity contribution in [1.82, 2.24) is 5.06 Å². The summed E-state index contributed by atoms with van der Waals surface area (Å²) < 4.78 is 15.1. The quantitative estimate of drug-likeness (QED) is 0.516. The molecule has 2 aromatic rings. The van der Waals surface area contributed by atoms with E-state index in [1.165, 1.54) is 19.4 Å². The highest BCUT2D eigenvalue weighted by Gasteiger charge is 2.34. The molecule has 0 aliphatic carbocycles. The molecule has 1 aliphatic rings. The highest BCUT2D eigenvalue weighted by Crippen LogP contribution is 2.43. The molecule has 1 aliphatic heterocycles. The van der Waals surface area contributed by atoms with Crippen LogP contribution in [0.4, 0.5) is 4.79 Å². The zero-order chi connectivity index (χ0) is 16.6. The Hall–Kier alpha value is -3.23. The fraction of sp³-hybridized carbons (Fsp3) is 0.214. The van der Waals surface area contributed by atoms with Crippen LogP contribution in [0.25, 0.3) is 11.0 Å². The molecule has 9 nitrogen and oxygen atoms in total. The minimum atomic E-state index is -1.36. The van der Waals surface area contributed by atoms with Gasteiger partial charge in [0.05, 0.1) is 18.8 Å². The number of rotatable bonds is 3. The molecule has 9 heteroatoms. The number of phenols is 1. The van der Waals surface area contributed by atoms with Crippen molar-refractivity contribution in [2.75, 3.05) is 7.11 Å². The number of carbonyl (C=O) groups is 3. The predicted octanol–water partition coefficient (Wildman–Crippen LogP) is 1.73. The van der Waals surface area contributed by atoms with Crippen LogP contribution in [0.1, 0.15) is 12.8 Å². The molecule has 120 valence electrons. The van der Waals surface area contributed by atoms with Crippen molar-refractivity contribution in [1.29, 1.82) is 0 Å². The first kappa shape index (κ1) is 14.7. The molecule has 2 amide bonds. The van der Waals surface area contributed by atoms with Gasteiger partial charge >= 0.3 is 6.16 Å². The number of furan rings is 1. The second kappa shape index (κ2) is 5.52. The van der Waals surface area contributed by atoms with Crippen LogP contribution in [0, 0.1) is 0 Å². The molecule has 1 aromatic carbocycles. The van der Waals surface area contributed by atoms with Crippen molar-refractivity contribution >= 4 is 28.9 Å². The number of nitrogens with zero attached hydrogens (tertiary/aromatic N) is 1. The molecule has 3 rings (SSSR count). The SMILES string of the molecule is COc1c(OC(=O)ON2C(=O)CCC2=O)c(O)cc2occc12. The van der Waals surface area contributed by atoms with Crippen molar-refractivity contribution < 1.29 is 38.2 Å². The van der Waals surface area contributed by atoms with Gasteiger partial charge in [-0.05, 0) is 6.07 Å². The summed E-state index contributed by atoms with van der Waals surface area (Å²) in [7, 11) is 1.31. The van der Waals surface area contributed by atoms with Crippen LogP contribution in [-0.2, 0) is 14.4 Å². The second-order valence-corrected chi connectivity index (χ2v) is 4.62. The highest BCUT2D eigenvalue weighted by atomic mass is 16.8. The number of carbonyl (C=O) groups excluding carboxylic acids is 3. The zero-order valence-electron chi connectivity index (χ0n) is 11.9. The zero-order valence-corrected chi connectivity index (χ0v) is 11.9. The molecule has 0 unspecified atom stereocenters. The lowest BCUT2D eigenvalue weighted by Gasteiger charge is -2.14.